The first kappa shape index (κ1) is 29.1. The van der Waals surface area contributed by atoms with Gasteiger partial charge in [0.25, 0.3) is 5.91 Å². The van der Waals surface area contributed by atoms with Crippen LogP contribution in [-0.2, 0) is 11.2 Å². The third kappa shape index (κ3) is 8.12. The summed E-state index contributed by atoms with van der Waals surface area (Å²) in [5, 5.41) is 12.5. The lowest BCUT2D eigenvalue weighted by Crippen LogP contribution is -2.12. The van der Waals surface area contributed by atoms with Crippen LogP contribution in [0, 0.1) is 6.92 Å². The minimum absolute atomic E-state index is 0.0950. The number of aryl methyl sites for hydroxylation is 1. The van der Waals surface area contributed by atoms with E-state index in [1.807, 2.05) is 46.8 Å². The van der Waals surface area contributed by atoms with Gasteiger partial charge >= 0.3 is 5.97 Å². The van der Waals surface area contributed by atoms with Crippen LogP contribution >= 0.6 is 23.2 Å². The summed E-state index contributed by atoms with van der Waals surface area (Å²) in [5.74, 6) is -0.694. The van der Waals surface area contributed by atoms with Crippen molar-refractivity contribution in [3.05, 3.63) is 86.9 Å². The van der Waals surface area contributed by atoms with Gasteiger partial charge in [0.2, 0.25) is 0 Å². The Hall–Kier alpha value is -2.96. The normalized spacial score (nSPS) is 10.7. The van der Waals surface area contributed by atoms with Crippen molar-refractivity contribution < 1.29 is 14.7 Å². The number of rotatable bonds is 6. The van der Waals surface area contributed by atoms with Crippen molar-refractivity contribution >= 4 is 40.8 Å². The van der Waals surface area contributed by atoms with Gasteiger partial charge in [-0.2, -0.15) is 0 Å². The molecule has 0 spiro atoms. The van der Waals surface area contributed by atoms with Crippen molar-refractivity contribution in [3.63, 3.8) is 0 Å². The Labute approximate surface area is 211 Å². The second kappa shape index (κ2) is 14.3. The van der Waals surface area contributed by atoms with E-state index in [1.165, 1.54) is 6.07 Å². The molecule has 182 valence electrons. The number of aliphatic carboxylic acids is 1. The molecule has 1 aromatic heterocycles. The van der Waals surface area contributed by atoms with Crippen LogP contribution in [-0.4, -0.2) is 27.0 Å². The van der Waals surface area contributed by atoms with Crippen molar-refractivity contribution in [2.45, 2.75) is 53.9 Å². The van der Waals surface area contributed by atoms with E-state index in [1.54, 1.807) is 37.4 Å². The highest BCUT2D eigenvalue weighted by molar-refractivity contribution is 6.42. The molecular formula is C26H31Cl2N3O3. The van der Waals surface area contributed by atoms with Crippen molar-refractivity contribution in [1.82, 2.24) is 9.97 Å². The molecule has 0 saturated heterocycles. The average molecular weight is 504 g/mol. The maximum absolute atomic E-state index is 12.4. The molecule has 0 bridgehead atoms. The smallest absolute Gasteiger partial charge is 0.307 e. The van der Waals surface area contributed by atoms with Gasteiger partial charge in [0.15, 0.2) is 0 Å². The maximum atomic E-state index is 12.4. The Kier molecular flexibility index (Phi) is 12.3. The Morgan fingerprint density at radius 3 is 2.15 bits per heavy atom. The number of nitrogens with zero attached hydrogens (tertiary/aromatic N) is 2. The van der Waals surface area contributed by atoms with Gasteiger partial charge in [-0.05, 0) is 42.8 Å². The molecule has 2 aromatic carbocycles. The van der Waals surface area contributed by atoms with Gasteiger partial charge in [-0.15, -0.1) is 0 Å². The fraction of sp³-hybridized carbons (Fsp3) is 0.308. The van der Waals surface area contributed by atoms with Crippen LogP contribution in [0.25, 0.3) is 0 Å². The third-order valence-electron chi connectivity index (χ3n) is 4.68. The monoisotopic (exact) mass is 503 g/mol. The number of aromatic nitrogens is 2. The highest BCUT2D eigenvalue weighted by atomic mass is 35.5. The van der Waals surface area contributed by atoms with E-state index in [9.17, 15) is 9.59 Å². The molecule has 3 aromatic rings. The molecule has 2 N–H and O–H groups in total. The number of carbonyl (C=O) groups is 2. The van der Waals surface area contributed by atoms with Gasteiger partial charge in [0.1, 0.15) is 5.82 Å². The van der Waals surface area contributed by atoms with E-state index in [0.29, 0.717) is 38.4 Å². The van der Waals surface area contributed by atoms with E-state index < -0.39 is 5.97 Å². The van der Waals surface area contributed by atoms with Gasteiger partial charge in [0, 0.05) is 34.6 Å². The lowest BCUT2D eigenvalue weighted by atomic mass is 9.99. The van der Waals surface area contributed by atoms with Crippen molar-refractivity contribution in [3.8, 4) is 0 Å². The predicted molar refractivity (Wildman–Crippen MR) is 139 cm³/mol. The molecule has 0 fully saturated rings. The number of anilines is 1. The van der Waals surface area contributed by atoms with Gasteiger partial charge in [-0.1, -0.05) is 70.0 Å². The summed E-state index contributed by atoms with van der Waals surface area (Å²) >= 11 is 11.9. The predicted octanol–water partition coefficient (Wildman–Crippen LogP) is 7.18. The highest BCUT2D eigenvalue weighted by Gasteiger charge is 2.15. The van der Waals surface area contributed by atoms with Gasteiger partial charge < -0.3 is 10.4 Å². The fourth-order valence-corrected chi connectivity index (χ4v) is 3.20. The average Bonchev–Trinajstić information content (AvgIpc) is 2.84. The zero-order valence-electron chi connectivity index (χ0n) is 20.3. The largest absolute Gasteiger partial charge is 0.481 e. The lowest BCUT2D eigenvalue weighted by molar-refractivity contribution is -0.136. The fourth-order valence-electron chi connectivity index (χ4n) is 2.90. The highest BCUT2D eigenvalue weighted by Crippen LogP contribution is 2.25. The zero-order chi connectivity index (χ0) is 25.8. The molecule has 34 heavy (non-hydrogen) atoms. The summed E-state index contributed by atoms with van der Waals surface area (Å²) < 4.78 is 0. The van der Waals surface area contributed by atoms with Gasteiger partial charge in [-0.25, -0.2) is 9.97 Å². The van der Waals surface area contributed by atoms with Crippen LogP contribution in [0.2, 0.25) is 10.0 Å². The Bertz CT molecular complexity index is 1100. The SMILES string of the molecule is CC.CC.Cc1nc(C(C)c2ccc(NC(=O)c3ccc(Cl)c(Cl)c3)cc2)ncc1CC(=O)O. The number of hydrogen-bond donors (Lipinski definition) is 2. The molecule has 8 heteroatoms. The second-order valence-electron chi connectivity index (χ2n) is 6.84. The molecule has 0 aliphatic heterocycles. The van der Waals surface area contributed by atoms with E-state index in [4.69, 9.17) is 28.3 Å². The number of benzene rings is 2. The van der Waals surface area contributed by atoms with Crippen LogP contribution < -0.4 is 5.32 Å². The zero-order valence-corrected chi connectivity index (χ0v) is 21.8. The first-order valence-corrected chi connectivity index (χ1v) is 11.9. The third-order valence-corrected chi connectivity index (χ3v) is 5.42. The molecule has 1 amide bonds. The summed E-state index contributed by atoms with van der Waals surface area (Å²) in [7, 11) is 0. The van der Waals surface area contributed by atoms with Crippen LogP contribution in [0.5, 0.6) is 0 Å². The second-order valence-corrected chi connectivity index (χ2v) is 7.65. The minimum atomic E-state index is -0.916. The lowest BCUT2D eigenvalue weighted by Gasteiger charge is -2.13. The molecule has 1 heterocycles. The summed E-state index contributed by atoms with van der Waals surface area (Å²) in [6.07, 6.45) is 1.46. The van der Waals surface area contributed by atoms with E-state index in [0.717, 1.165) is 5.56 Å². The van der Waals surface area contributed by atoms with Crippen molar-refractivity contribution in [1.29, 1.82) is 0 Å². The van der Waals surface area contributed by atoms with E-state index >= 15 is 0 Å². The molecule has 0 saturated carbocycles. The number of nitrogens with one attached hydrogen (secondary N) is 1. The molecule has 0 aliphatic carbocycles. The Balaban J connectivity index is 0.00000137. The first-order valence-electron chi connectivity index (χ1n) is 11.1. The number of amides is 1. The molecule has 1 atom stereocenters. The van der Waals surface area contributed by atoms with Gasteiger partial charge in [-0.3, -0.25) is 9.59 Å². The Morgan fingerprint density at radius 1 is 1.00 bits per heavy atom. The molecule has 1 unspecified atom stereocenters. The van der Waals surface area contributed by atoms with E-state index in [-0.39, 0.29) is 18.2 Å². The van der Waals surface area contributed by atoms with Crippen LogP contribution in [0.1, 0.15) is 73.5 Å². The Morgan fingerprint density at radius 2 is 1.62 bits per heavy atom. The number of hydrogen-bond acceptors (Lipinski definition) is 4. The van der Waals surface area contributed by atoms with Crippen molar-refractivity contribution in [2.24, 2.45) is 0 Å². The summed E-state index contributed by atoms with van der Waals surface area (Å²) in [6, 6.07) is 12.1. The summed E-state index contributed by atoms with van der Waals surface area (Å²) in [5.41, 5.74) is 3.26. The number of halogens is 2. The topological polar surface area (TPSA) is 92.2 Å². The number of carbonyl (C=O) groups excluding carboxylic acids is 1. The molecule has 3 rings (SSSR count). The number of carboxylic acids is 1. The molecule has 0 aliphatic rings. The van der Waals surface area contributed by atoms with Crippen LogP contribution in [0.3, 0.4) is 0 Å². The minimum Gasteiger partial charge on any atom is -0.481 e. The maximum Gasteiger partial charge on any atom is 0.307 e. The first-order chi connectivity index (χ1) is 16.2. The van der Waals surface area contributed by atoms with Crippen LogP contribution in [0.4, 0.5) is 5.69 Å². The van der Waals surface area contributed by atoms with Gasteiger partial charge in [0.05, 0.1) is 16.5 Å². The summed E-state index contributed by atoms with van der Waals surface area (Å²) in [6.45, 7) is 11.7. The molecular weight excluding hydrogens is 473 g/mol. The molecule has 6 nitrogen and oxygen atoms in total. The van der Waals surface area contributed by atoms with E-state index in [2.05, 4.69) is 15.3 Å². The quantitative estimate of drug-likeness (QED) is 0.371. The molecule has 0 radical (unpaired) electrons. The number of carboxylic acid groups (broad SMARTS) is 1. The standard InChI is InChI=1S/C22H19Cl2N3O3.2C2H6/c1-12(21-25-11-16(10-20(28)29)13(2)26-21)14-3-6-17(7-4-14)27-22(30)15-5-8-18(23)19(24)9-15;2*1-2/h3-9,11-12H,10H2,1-2H3,(H,27,30)(H,28,29);2*1-2H3. The van der Waals surface area contributed by atoms with Crippen molar-refractivity contribution in [2.75, 3.05) is 5.32 Å². The summed E-state index contributed by atoms with van der Waals surface area (Å²) in [4.78, 5) is 32.1. The van der Waals surface area contributed by atoms with Crippen LogP contribution in [0.15, 0.2) is 48.7 Å².